The van der Waals surface area contributed by atoms with Gasteiger partial charge in [0.1, 0.15) is 23.9 Å². The van der Waals surface area contributed by atoms with Crippen LogP contribution in [0.25, 0.3) is 11.0 Å². The Morgan fingerprint density at radius 1 is 1.33 bits per heavy atom. The number of carbonyl (C=O) groups is 1. The smallest absolute Gasteiger partial charge is 0.348 e. The van der Waals surface area contributed by atoms with Crippen LogP contribution in [0, 0.1) is 17.2 Å². The molecule has 1 fully saturated rings. The number of nitrogens with one attached hydrogen (secondary N) is 2. The van der Waals surface area contributed by atoms with E-state index in [-0.39, 0.29) is 11.5 Å². The van der Waals surface area contributed by atoms with Crippen molar-refractivity contribution >= 4 is 22.8 Å². The number of fused-ring (bicyclic) bond motifs is 1. The highest BCUT2D eigenvalue weighted by Gasteiger charge is 2.72. The normalized spacial score (nSPS) is 24.4. The highest BCUT2D eigenvalue weighted by atomic mass is 16.6. The third-order valence-electron chi connectivity index (χ3n) is 5.30. The van der Waals surface area contributed by atoms with Crippen molar-refractivity contribution < 1.29 is 35.4 Å². The Kier molecular flexibility index (Phi) is 4.86. The average Bonchev–Trinajstić information content (AvgIpc) is 3.07. The molecule has 1 aliphatic rings. The number of aliphatic hydroxyl groups is 6. The Morgan fingerprint density at radius 3 is 2.57 bits per heavy atom. The van der Waals surface area contributed by atoms with Gasteiger partial charge >= 0.3 is 11.6 Å². The maximum atomic E-state index is 12.3. The van der Waals surface area contributed by atoms with Gasteiger partial charge in [-0.05, 0) is 6.07 Å². The molecule has 1 amide bonds. The Balaban J connectivity index is 2.22. The molecule has 3 rings (SSSR count). The van der Waals surface area contributed by atoms with Crippen molar-refractivity contribution in [3.63, 3.8) is 0 Å². The van der Waals surface area contributed by atoms with Crippen LogP contribution < -0.4 is 10.6 Å². The molecule has 1 saturated heterocycles. The zero-order chi connectivity index (χ0) is 22.6. The van der Waals surface area contributed by atoms with Gasteiger partial charge in [-0.1, -0.05) is 6.92 Å². The Hall–Kier alpha value is -3.06. The van der Waals surface area contributed by atoms with Crippen LogP contribution in [0.3, 0.4) is 0 Å². The summed E-state index contributed by atoms with van der Waals surface area (Å²) >= 11 is 0. The van der Waals surface area contributed by atoms with E-state index in [0.717, 1.165) is 11.8 Å². The number of nitriles is 1. The van der Waals surface area contributed by atoms with E-state index >= 15 is 0 Å². The Labute approximate surface area is 167 Å². The molecule has 14 heteroatoms. The molecule has 14 nitrogen and oxygen atoms in total. The van der Waals surface area contributed by atoms with Gasteiger partial charge in [0.2, 0.25) is 11.7 Å². The summed E-state index contributed by atoms with van der Waals surface area (Å²) in [5.74, 6) is -14.2. The number of likely N-dealkylation sites (N-methyl/N-ethyl adjacent to an activating group) is 1. The second-order valence-electron chi connectivity index (χ2n) is 7.09. The number of piperidine rings is 1. The van der Waals surface area contributed by atoms with Crippen LogP contribution in [-0.4, -0.2) is 87.1 Å². The minimum Gasteiger partial charge on any atom is -0.360 e. The number of aromatic amines is 2. The highest BCUT2D eigenvalue weighted by Crippen LogP contribution is 2.45. The SMILES string of the molecule is C[C@H]1[C@@H](N(C)c2nc(=O)[nH]c3[nH]ccc23)C(O)(O)N(C(=O)CC#N)C(O)(O)C1(O)O. The first-order valence-electron chi connectivity index (χ1n) is 8.63. The lowest BCUT2D eigenvalue weighted by molar-refractivity contribution is -0.494. The summed E-state index contributed by atoms with van der Waals surface area (Å²) in [6.07, 6.45) is 0.435. The molecule has 0 aliphatic carbocycles. The van der Waals surface area contributed by atoms with Crippen LogP contribution in [0.5, 0.6) is 0 Å². The van der Waals surface area contributed by atoms with Crippen LogP contribution in [0.1, 0.15) is 13.3 Å². The number of hydrogen-bond donors (Lipinski definition) is 8. The molecular weight excluding hydrogens is 404 g/mol. The van der Waals surface area contributed by atoms with E-state index in [1.54, 1.807) is 0 Å². The maximum Gasteiger partial charge on any atom is 0.348 e. The molecule has 0 spiro atoms. The van der Waals surface area contributed by atoms with E-state index in [1.807, 2.05) is 0 Å². The van der Waals surface area contributed by atoms with Gasteiger partial charge in [-0.2, -0.15) is 10.2 Å². The van der Waals surface area contributed by atoms with Crippen LogP contribution >= 0.6 is 0 Å². The summed E-state index contributed by atoms with van der Waals surface area (Å²) in [6.45, 7) is 1.05. The van der Waals surface area contributed by atoms with Gasteiger partial charge in [0.25, 0.3) is 5.91 Å². The minimum absolute atomic E-state index is 0.133. The monoisotopic (exact) mass is 424 g/mol. The third-order valence-corrected chi connectivity index (χ3v) is 5.30. The van der Waals surface area contributed by atoms with Crippen LogP contribution in [0.4, 0.5) is 5.82 Å². The second-order valence-corrected chi connectivity index (χ2v) is 7.09. The number of carbonyl (C=O) groups excluding carboxylic acids is 1. The van der Waals surface area contributed by atoms with Crippen LogP contribution in [0.15, 0.2) is 17.1 Å². The van der Waals surface area contributed by atoms with Crippen molar-refractivity contribution in [1.82, 2.24) is 19.9 Å². The summed E-state index contributed by atoms with van der Waals surface area (Å²) in [4.78, 5) is 33.7. The molecule has 2 aromatic heterocycles. The standard InChI is InChI=1S/C16H20N6O8/c1-7-10(21(2)12-8-4-6-18-11(8)19-13(24)20-12)15(27,28)22(9(23)3-5-17)16(29,30)14(7,25)26/h4,6-7,10,25-30H,3H2,1-2H3,(H2,18,19,20,24)/t7-,10+/m0/s1. The van der Waals surface area contributed by atoms with Crippen molar-refractivity contribution in [2.24, 2.45) is 5.92 Å². The van der Waals surface area contributed by atoms with Crippen molar-refractivity contribution in [2.75, 3.05) is 11.9 Å². The van der Waals surface area contributed by atoms with Gasteiger partial charge in [-0.25, -0.2) is 9.69 Å². The van der Waals surface area contributed by atoms with Gasteiger partial charge in [0.15, 0.2) is 0 Å². The highest BCUT2D eigenvalue weighted by molar-refractivity contribution is 5.87. The molecule has 2 aromatic rings. The summed E-state index contributed by atoms with van der Waals surface area (Å²) in [5.41, 5.74) is -0.579. The minimum atomic E-state index is -3.87. The Morgan fingerprint density at radius 2 is 1.97 bits per heavy atom. The predicted octanol–water partition coefficient (Wildman–Crippen LogP) is -3.59. The molecule has 2 atom stereocenters. The lowest BCUT2D eigenvalue weighted by Gasteiger charge is -2.59. The molecule has 30 heavy (non-hydrogen) atoms. The maximum absolute atomic E-state index is 12.3. The molecule has 3 heterocycles. The van der Waals surface area contributed by atoms with Crippen molar-refractivity contribution in [2.45, 2.75) is 37.0 Å². The Bertz CT molecular complexity index is 1080. The van der Waals surface area contributed by atoms with Gasteiger partial charge in [0, 0.05) is 19.2 Å². The molecule has 0 unspecified atom stereocenters. The number of aromatic nitrogens is 3. The third kappa shape index (κ3) is 2.84. The molecule has 0 radical (unpaired) electrons. The van der Waals surface area contributed by atoms with Gasteiger partial charge in [0.05, 0.1) is 11.5 Å². The van der Waals surface area contributed by atoms with Gasteiger partial charge < -0.3 is 40.5 Å². The molecule has 0 bridgehead atoms. The van der Waals surface area contributed by atoms with E-state index in [2.05, 4.69) is 15.0 Å². The van der Waals surface area contributed by atoms with E-state index in [1.165, 1.54) is 25.4 Å². The molecule has 8 N–H and O–H groups in total. The van der Waals surface area contributed by atoms with E-state index in [4.69, 9.17) is 5.26 Å². The number of hydrogen-bond acceptors (Lipinski definition) is 11. The molecular formula is C16H20N6O8. The number of anilines is 1. The topological polar surface area (TPSA) is 230 Å². The molecule has 0 aromatic carbocycles. The molecule has 1 aliphatic heterocycles. The van der Waals surface area contributed by atoms with Crippen LogP contribution in [0.2, 0.25) is 0 Å². The zero-order valence-corrected chi connectivity index (χ0v) is 15.8. The summed E-state index contributed by atoms with van der Waals surface area (Å²) in [7, 11) is 1.22. The first-order valence-corrected chi connectivity index (χ1v) is 8.63. The fourth-order valence-corrected chi connectivity index (χ4v) is 3.84. The van der Waals surface area contributed by atoms with Crippen LogP contribution in [-0.2, 0) is 4.79 Å². The fourth-order valence-electron chi connectivity index (χ4n) is 3.84. The number of amides is 1. The lowest BCUT2D eigenvalue weighted by atomic mass is 9.80. The second kappa shape index (κ2) is 6.74. The van der Waals surface area contributed by atoms with Crippen molar-refractivity contribution in [3.8, 4) is 6.07 Å². The largest absolute Gasteiger partial charge is 0.360 e. The summed E-state index contributed by atoms with van der Waals surface area (Å²) < 4.78 is 0. The van der Waals surface area contributed by atoms with Crippen molar-refractivity contribution in [3.05, 3.63) is 22.7 Å². The van der Waals surface area contributed by atoms with Crippen molar-refractivity contribution in [1.29, 1.82) is 5.26 Å². The summed E-state index contributed by atoms with van der Waals surface area (Å²) in [5, 5.41) is 72.0. The van der Waals surface area contributed by atoms with E-state index in [0.29, 0.717) is 5.39 Å². The van der Waals surface area contributed by atoms with Gasteiger partial charge in [-0.3, -0.25) is 9.78 Å². The number of likely N-dealkylation sites (tertiary alicyclic amines) is 1. The quantitative estimate of drug-likeness (QED) is 0.224. The zero-order valence-electron chi connectivity index (χ0n) is 15.8. The predicted molar refractivity (Wildman–Crippen MR) is 96.7 cm³/mol. The molecule has 0 saturated carbocycles. The number of H-pyrrole nitrogens is 2. The molecule has 162 valence electrons. The van der Waals surface area contributed by atoms with Gasteiger partial charge in [-0.15, -0.1) is 0 Å². The summed E-state index contributed by atoms with van der Waals surface area (Å²) in [6, 6.07) is 1.06. The van der Waals surface area contributed by atoms with E-state index < -0.39 is 52.5 Å². The number of rotatable bonds is 3. The van der Waals surface area contributed by atoms with E-state index in [9.17, 15) is 40.2 Å². The first kappa shape index (κ1) is 21.6. The first-order chi connectivity index (χ1) is 13.8. The fraction of sp³-hybridized carbons (Fsp3) is 0.500. The lowest BCUT2D eigenvalue weighted by Crippen LogP contribution is -2.84. The average molecular weight is 424 g/mol. The number of nitrogens with zero attached hydrogens (tertiary/aromatic N) is 4.